The van der Waals surface area contributed by atoms with Gasteiger partial charge in [0.2, 0.25) is 0 Å². The maximum Gasteiger partial charge on any atom is 0.191 e. The van der Waals surface area contributed by atoms with Gasteiger partial charge in [0.1, 0.15) is 5.69 Å². The van der Waals surface area contributed by atoms with E-state index >= 15 is 0 Å². The molecule has 2 rings (SSSR count). The number of nitrogen functional groups attached to an aromatic ring is 1. The molecule has 8 heteroatoms. The van der Waals surface area contributed by atoms with Gasteiger partial charge < -0.3 is 10.9 Å². The van der Waals surface area contributed by atoms with Crippen LogP contribution in [0, 0.1) is 0 Å². The second kappa shape index (κ2) is 4.27. The van der Waals surface area contributed by atoms with Gasteiger partial charge in [-0.05, 0) is 6.26 Å². The highest BCUT2D eigenvalue weighted by atomic mass is 32.2. The van der Waals surface area contributed by atoms with E-state index in [2.05, 4.69) is 25.1 Å². The summed E-state index contributed by atoms with van der Waals surface area (Å²) in [5.41, 5.74) is 6.94. The maximum atomic E-state index is 8.38. The number of nitrogens with zero attached hydrogens (tertiary/aromatic N) is 5. The summed E-state index contributed by atoms with van der Waals surface area (Å²) in [5, 5.41) is 11.8. The monoisotopic (exact) mass is 236 g/mol. The fourth-order valence-electron chi connectivity index (χ4n) is 1.13. The number of oxime groups is 1. The van der Waals surface area contributed by atoms with Crippen molar-refractivity contribution in [3.8, 4) is 0 Å². The van der Waals surface area contributed by atoms with Crippen molar-refractivity contribution in [2.24, 2.45) is 5.16 Å². The molecule has 0 aliphatic rings. The van der Waals surface area contributed by atoms with Crippen LogP contribution in [0.4, 0.5) is 5.82 Å². The Labute approximate surface area is 94.8 Å². The van der Waals surface area contributed by atoms with Crippen molar-refractivity contribution in [2.45, 2.75) is 5.16 Å². The van der Waals surface area contributed by atoms with Crippen molar-refractivity contribution in [1.29, 1.82) is 0 Å². The molecular weight excluding hydrogens is 228 g/mol. The molecule has 0 amide bonds. The average molecular weight is 236 g/mol. The zero-order valence-electron chi connectivity index (χ0n) is 8.32. The van der Waals surface area contributed by atoms with Gasteiger partial charge in [-0.2, -0.15) is 0 Å². The minimum atomic E-state index is 0.259. The molecule has 0 aliphatic carbocycles. The lowest BCUT2D eigenvalue weighted by Gasteiger charge is -2.02. The van der Waals surface area contributed by atoms with Crippen LogP contribution in [0.2, 0.25) is 0 Å². The Morgan fingerprint density at radius 2 is 2.25 bits per heavy atom. The number of nitrogens with two attached hydrogens (primary N) is 1. The van der Waals surface area contributed by atoms with Crippen LogP contribution in [0.1, 0.15) is 5.69 Å². The Balaban J connectivity index is 2.65. The zero-order chi connectivity index (χ0) is 11.5. The third kappa shape index (κ3) is 1.87. The topological polar surface area (TPSA) is 110 Å². The average Bonchev–Trinajstić information content (AvgIpc) is 2.30. The summed E-state index contributed by atoms with van der Waals surface area (Å²) < 4.78 is 0. The standard InChI is InChI=1S/C8H8N6OS/c1-16-8-13-6(9)5-7(14-8)10-2-4(12-5)3-11-15/h2-3,15H,1H3,(H2,9,10,13,14). The largest absolute Gasteiger partial charge is 0.411 e. The Morgan fingerprint density at radius 1 is 1.44 bits per heavy atom. The molecule has 0 bridgehead atoms. The number of aromatic nitrogens is 4. The van der Waals surface area contributed by atoms with E-state index in [0.717, 1.165) is 6.21 Å². The van der Waals surface area contributed by atoms with E-state index in [-0.39, 0.29) is 5.82 Å². The second-order valence-corrected chi connectivity index (χ2v) is 3.58. The SMILES string of the molecule is CSc1nc(N)c2nc(C=NO)cnc2n1. The number of rotatable bonds is 2. The first-order valence-electron chi connectivity index (χ1n) is 4.26. The van der Waals surface area contributed by atoms with E-state index < -0.39 is 0 Å². The van der Waals surface area contributed by atoms with Crippen molar-refractivity contribution < 1.29 is 5.21 Å². The van der Waals surface area contributed by atoms with Gasteiger partial charge in [0, 0.05) is 0 Å². The molecule has 0 unspecified atom stereocenters. The smallest absolute Gasteiger partial charge is 0.191 e. The molecular formula is C8H8N6OS. The number of hydrogen-bond acceptors (Lipinski definition) is 8. The Morgan fingerprint density at radius 3 is 2.94 bits per heavy atom. The minimum absolute atomic E-state index is 0.259. The Bertz CT molecular complexity index is 557. The summed E-state index contributed by atoms with van der Waals surface area (Å²) in [6, 6.07) is 0. The van der Waals surface area contributed by atoms with Crippen LogP contribution < -0.4 is 5.73 Å². The fraction of sp³-hybridized carbons (Fsp3) is 0.125. The Hall–Kier alpha value is -1.96. The van der Waals surface area contributed by atoms with Crippen LogP contribution in [0.5, 0.6) is 0 Å². The number of hydrogen-bond donors (Lipinski definition) is 2. The van der Waals surface area contributed by atoms with E-state index in [0.29, 0.717) is 22.0 Å². The second-order valence-electron chi connectivity index (χ2n) is 2.81. The van der Waals surface area contributed by atoms with Gasteiger partial charge in [0.15, 0.2) is 22.1 Å². The molecule has 16 heavy (non-hydrogen) atoms. The highest BCUT2D eigenvalue weighted by molar-refractivity contribution is 7.98. The lowest BCUT2D eigenvalue weighted by atomic mass is 10.4. The summed E-state index contributed by atoms with van der Waals surface area (Å²) in [6.07, 6.45) is 4.45. The molecule has 82 valence electrons. The molecule has 0 saturated carbocycles. The fourth-order valence-corrected chi connectivity index (χ4v) is 1.50. The summed E-state index contributed by atoms with van der Waals surface area (Å²) >= 11 is 1.38. The van der Waals surface area contributed by atoms with Gasteiger partial charge in [-0.15, -0.1) is 0 Å². The number of fused-ring (bicyclic) bond motifs is 1. The molecule has 0 fully saturated rings. The highest BCUT2D eigenvalue weighted by Gasteiger charge is 2.07. The van der Waals surface area contributed by atoms with E-state index in [1.807, 2.05) is 6.26 Å². The molecule has 0 aromatic carbocycles. The first-order valence-corrected chi connectivity index (χ1v) is 5.48. The summed E-state index contributed by atoms with van der Waals surface area (Å²) in [6.45, 7) is 0. The molecule has 3 N–H and O–H groups in total. The predicted molar refractivity (Wildman–Crippen MR) is 60.7 cm³/mol. The molecule has 0 radical (unpaired) electrons. The van der Waals surface area contributed by atoms with Crippen molar-refractivity contribution in [3.05, 3.63) is 11.9 Å². The van der Waals surface area contributed by atoms with Crippen molar-refractivity contribution in [1.82, 2.24) is 19.9 Å². The molecule has 2 aromatic heterocycles. The Kier molecular flexibility index (Phi) is 2.82. The maximum absolute atomic E-state index is 8.38. The third-order valence-electron chi connectivity index (χ3n) is 1.80. The van der Waals surface area contributed by atoms with Crippen LogP contribution in [-0.2, 0) is 0 Å². The molecule has 7 nitrogen and oxygen atoms in total. The van der Waals surface area contributed by atoms with E-state index in [9.17, 15) is 0 Å². The van der Waals surface area contributed by atoms with Crippen molar-refractivity contribution >= 4 is 35.0 Å². The normalized spacial score (nSPS) is 11.3. The molecule has 0 atom stereocenters. The van der Waals surface area contributed by atoms with Crippen LogP contribution in [-0.4, -0.2) is 37.6 Å². The lowest BCUT2D eigenvalue weighted by Crippen LogP contribution is -2.01. The minimum Gasteiger partial charge on any atom is -0.411 e. The number of thioether (sulfide) groups is 1. The van der Waals surface area contributed by atoms with Crippen molar-refractivity contribution in [3.63, 3.8) is 0 Å². The summed E-state index contributed by atoms with van der Waals surface area (Å²) in [4.78, 5) is 16.4. The first kappa shape index (κ1) is 10.6. The lowest BCUT2D eigenvalue weighted by molar-refractivity contribution is 0.321. The van der Waals surface area contributed by atoms with Gasteiger partial charge in [-0.3, -0.25) is 0 Å². The molecule has 2 heterocycles. The van der Waals surface area contributed by atoms with Gasteiger partial charge >= 0.3 is 0 Å². The zero-order valence-corrected chi connectivity index (χ0v) is 9.14. The summed E-state index contributed by atoms with van der Waals surface area (Å²) in [7, 11) is 0. The molecule has 0 spiro atoms. The highest BCUT2D eigenvalue weighted by Crippen LogP contribution is 2.17. The van der Waals surface area contributed by atoms with E-state index in [1.165, 1.54) is 18.0 Å². The third-order valence-corrected chi connectivity index (χ3v) is 2.35. The van der Waals surface area contributed by atoms with Crippen molar-refractivity contribution in [2.75, 3.05) is 12.0 Å². The quantitative estimate of drug-likeness (QED) is 0.257. The van der Waals surface area contributed by atoms with Crippen LogP contribution in [0.25, 0.3) is 11.2 Å². The van der Waals surface area contributed by atoms with Crippen LogP contribution in [0.3, 0.4) is 0 Å². The molecule has 0 aliphatic heterocycles. The van der Waals surface area contributed by atoms with Crippen LogP contribution in [0.15, 0.2) is 16.5 Å². The summed E-state index contributed by atoms with van der Waals surface area (Å²) in [5.74, 6) is 0.259. The van der Waals surface area contributed by atoms with Gasteiger partial charge in [0.25, 0.3) is 0 Å². The van der Waals surface area contributed by atoms with Gasteiger partial charge in [-0.25, -0.2) is 19.9 Å². The molecule has 0 saturated heterocycles. The predicted octanol–water partition coefficient (Wildman–Crippen LogP) is 0.532. The molecule has 2 aromatic rings. The first-order chi connectivity index (χ1) is 7.74. The van der Waals surface area contributed by atoms with Gasteiger partial charge in [-0.1, -0.05) is 16.9 Å². The van der Waals surface area contributed by atoms with E-state index in [4.69, 9.17) is 10.9 Å². The van der Waals surface area contributed by atoms with Crippen LogP contribution >= 0.6 is 11.8 Å². The van der Waals surface area contributed by atoms with Gasteiger partial charge in [0.05, 0.1) is 12.4 Å². The van der Waals surface area contributed by atoms with E-state index in [1.54, 1.807) is 0 Å². The number of anilines is 1.